The Hall–Kier alpha value is -1.59. The SMILES string of the molecule is O=C(NCC1CCCO1)C1CCN(C(=O)c2ccccc2Cl)CC1. The third-order valence-corrected chi connectivity index (χ3v) is 5.11. The molecule has 2 aliphatic rings. The summed E-state index contributed by atoms with van der Waals surface area (Å²) in [5.74, 6) is -0.00384. The first-order chi connectivity index (χ1) is 11.6. The molecule has 2 heterocycles. The molecule has 0 aromatic heterocycles. The van der Waals surface area contributed by atoms with E-state index in [1.165, 1.54) is 0 Å². The number of hydrogen-bond donors (Lipinski definition) is 1. The van der Waals surface area contributed by atoms with Gasteiger partial charge in [-0.25, -0.2) is 0 Å². The highest BCUT2D eigenvalue weighted by Gasteiger charge is 2.29. The molecule has 130 valence electrons. The summed E-state index contributed by atoms with van der Waals surface area (Å²) >= 11 is 6.10. The van der Waals surface area contributed by atoms with E-state index in [9.17, 15) is 9.59 Å². The van der Waals surface area contributed by atoms with Gasteiger partial charge in [0, 0.05) is 32.2 Å². The lowest BCUT2D eigenvalue weighted by Gasteiger charge is -2.31. The zero-order valence-electron chi connectivity index (χ0n) is 13.7. The molecule has 6 heteroatoms. The lowest BCUT2D eigenvalue weighted by atomic mass is 9.95. The second-order valence-electron chi connectivity index (χ2n) is 6.43. The third-order valence-electron chi connectivity index (χ3n) is 4.79. The molecular formula is C18H23ClN2O3. The van der Waals surface area contributed by atoms with Crippen molar-refractivity contribution in [2.45, 2.75) is 31.8 Å². The number of benzene rings is 1. The van der Waals surface area contributed by atoms with Crippen molar-refractivity contribution in [3.8, 4) is 0 Å². The number of rotatable bonds is 4. The monoisotopic (exact) mass is 350 g/mol. The summed E-state index contributed by atoms with van der Waals surface area (Å²) in [4.78, 5) is 26.6. The van der Waals surface area contributed by atoms with Crippen LogP contribution in [0.1, 0.15) is 36.0 Å². The number of nitrogens with one attached hydrogen (secondary N) is 1. The summed E-state index contributed by atoms with van der Waals surface area (Å²) in [5.41, 5.74) is 0.528. The number of ether oxygens (including phenoxy) is 1. The van der Waals surface area contributed by atoms with Crippen molar-refractivity contribution in [1.29, 1.82) is 0 Å². The number of carbonyl (C=O) groups excluding carboxylic acids is 2. The fourth-order valence-electron chi connectivity index (χ4n) is 3.31. The Morgan fingerprint density at radius 1 is 1.21 bits per heavy atom. The number of piperidine rings is 1. The van der Waals surface area contributed by atoms with E-state index in [-0.39, 0.29) is 23.8 Å². The normalized spacial score (nSPS) is 21.7. The molecule has 24 heavy (non-hydrogen) atoms. The van der Waals surface area contributed by atoms with Crippen molar-refractivity contribution < 1.29 is 14.3 Å². The molecule has 1 unspecified atom stereocenters. The Bertz CT molecular complexity index is 594. The molecule has 0 bridgehead atoms. The second kappa shape index (κ2) is 7.99. The largest absolute Gasteiger partial charge is 0.376 e. The van der Waals surface area contributed by atoms with Crippen LogP contribution >= 0.6 is 11.6 Å². The van der Waals surface area contributed by atoms with E-state index in [2.05, 4.69) is 5.32 Å². The van der Waals surface area contributed by atoms with Crippen LogP contribution in [-0.2, 0) is 9.53 Å². The maximum absolute atomic E-state index is 12.5. The minimum Gasteiger partial charge on any atom is -0.376 e. The predicted molar refractivity (Wildman–Crippen MR) is 92.1 cm³/mol. The van der Waals surface area contributed by atoms with Gasteiger partial charge in [-0.2, -0.15) is 0 Å². The van der Waals surface area contributed by atoms with Crippen LogP contribution in [0.4, 0.5) is 0 Å². The van der Waals surface area contributed by atoms with Crippen LogP contribution in [0.5, 0.6) is 0 Å². The van der Waals surface area contributed by atoms with Gasteiger partial charge in [0.15, 0.2) is 0 Å². The van der Waals surface area contributed by atoms with E-state index >= 15 is 0 Å². The van der Waals surface area contributed by atoms with Crippen LogP contribution in [0.3, 0.4) is 0 Å². The molecule has 1 atom stereocenters. The number of hydrogen-bond acceptors (Lipinski definition) is 3. The van der Waals surface area contributed by atoms with Crippen molar-refractivity contribution in [2.24, 2.45) is 5.92 Å². The van der Waals surface area contributed by atoms with Crippen molar-refractivity contribution in [2.75, 3.05) is 26.2 Å². The zero-order valence-corrected chi connectivity index (χ0v) is 14.4. The molecule has 0 aliphatic carbocycles. The van der Waals surface area contributed by atoms with Gasteiger partial charge in [0.25, 0.3) is 5.91 Å². The summed E-state index contributed by atoms with van der Waals surface area (Å²) in [7, 11) is 0. The highest BCUT2D eigenvalue weighted by molar-refractivity contribution is 6.33. The van der Waals surface area contributed by atoms with Crippen molar-refractivity contribution in [3.63, 3.8) is 0 Å². The molecule has 1 aromatic rings. The van der Waals surface area contributed by atoms with Gasteiger partial charge in [0.05, 0.1) is 16.7 Å². The number of likely N-dealkylation sites (tertiary alicyclic amines) is 1. The Kier molecular flexibility index (Phi) is 5.74. The molecule has 2 amide bonds. The highest BCUT2D eigenvalue weighted by atomic mass is 35.5. The summed E-state index contributed by atoms with van der Waals surface area (Å²) in [6.07, 6.45) is 3.63. The molecule has 2 aliphatic heterocycles. The molecule has 3 rings (SSSR count). The van der Waals surface area contributed by atoms with E-state index in [4.69, 9.17) is 16.3 Å². The predicted octanol–water partition coefficient (Wildman–Crippen LogP) is 2.49. The van der Waals surface area contributed by atoms with Gasteiger partial charge in [-0.05, 0) is 37.8 Å². The number of nitrogens with zero attached hydrogens (tertiary/aromatic N) is 1. The maximum Gasteiger partial charge on any atom is 0.255 e. The molecule has 5 nitrogen and oxygen atoms in total. The molecule has 0 radical (unpaired) electrons. The van der Waals surface area contributed by atoms with Gasteiger partial charge in [-0.15, -0.1) is 0 Å². The first kappa shape index (κ1) is 17.2. The van der Waals surface area contributed by atoms with E-state index in [0.29, 0.717) is 43.1 Å². The van der Waals surface area contributed by atoms with Crippen LogP contribution < -0.4 is 5.32 Å². The molecule has 0 saturated carbocycles. The Labute approximate surface area is 147 Å². The summed E-state index contributed by atoms with van der Waals surface area (Å²) in [5, 5.41) is 3.46. The van der Waals surface area contributed by atoms with Crippen molar-refractivity contribution in [3.05, 3.63) is 34.9 Å². The standard InChI is InChI=1S/C18H23ClN2O3/c19-16-6-2-1-5-15(16)18(23)21-9-7-13(8-10-21)17(22)20-12-14-4-3-11-24-14/h1-2,5-6,13-14H,3-4,7-12H2,(H,20,22). The second-order valence-corrected chi connectivity index (χ2v) is 6.83. The van der Waals surface area contributed by atoms with Gasteiger partial charge >= 0.3 is 0 Å². The van der Waals surface area contributed by atoms with Gasteiger partial charge < -0.3 is 15.0 Å². The van der Waals surface area contributed by atoms with Crippen LogP contribution in [-0.4, -0.2) is 49.1 Å². The van der Waals surface area contributed by atoms with Crippen LogP contribution in [0.15, 0.2) is 24.3 Å². The number of halogens is 1. The van der Waals surface area contributed by atoms with E-state index < -0.39 is 0 Å². The van der Waals surface area contributed by atoms with E-state index in [1.807, 2.05) is 12.1 Å². The smallest absolute Gasteiger partial charge is 0.255 e. The minimum atomic E-state index is -0.0567. The summed E-state index contributed by atoms with van der Waals surface area (Å²) in [6, 6.07) is 7.08. The molecule has 2 saturated heterocycles. The maximum atomic E-state index is 12.5. The average molecular weight is 351 g/mol. The number of carbonyl (C=O) groups is 2. The molecule has 1 aromatic carbocycles. The Morgan fingerprint density at radius 3 is 2.62 bits per heavy atom. The third kappa shape index (κ3) is 4.08. The van der Waals surface area contributed by atoms with Gasteiger partial charge in [-0.1, -0.05) is 23.7 Å². The first-order valence-corrected chi connectivity index (χ1v) is 8.96. The first-order valence-electron chi connectivity index (χ1n) is 8.58. The zero-order chi connectivity index (χ0) is 16.9. The van der Waals surface area contributed by atoms with Crippen LogP contribution in [0.2, 0.25) is 5.02 Å². The Morgan fingerprint density at radius 2 is 1.96 bits per heavy atom. The molecule has 0 spiro atoms. The summed E-state index contributed by atoms with van der Waals surface area (Å²) < 4.78 is 5.52. The lowest BCUT2D eigenvalue weighted by Crippen LogP contribution is -2.44. The number of amides is 2. The van der Waals surface area contributed by atoms with Crippen molar-refractivity contribution >= 4 is 23.4 Å². The Balaban J connectivity index is 1.47. The van der Waals surface area contributed by atoms with E-state index in [1.54, 1.807) is 17.0 Å². The highest BCUT2D eigenvalue weighted by Crippen LogP contribution is 2.22. The lowest BCUT2D eigenvalue weighted by molar-refractivity contribution is -0.126. The fraction of sp³-hybridized carbons (Fsp3) is 0.556. The average Bonchev–Trinajstić information content (AvgIpc) is 3.13. The van der Waals surface area contributed by atoms with E-state index in [0.717, 1.165) is 19.4 Å². The van der Waals surface area contributed by atoms with Gasteiger partial charge in [0.1, 0.15) is 0 Å². The molecule has 2 fully saturated rings. The van der Waals surface area contributed by atoms with Gasteiger partial charge in [0.2, 0.25) is 5.91 Å². The van der Waals surface area contributed by atoms with Gasteiger partial charge in [-0.3, -0.25) is 9.59 Å². The fourth-order valence-corrected chi connectivity index (χ4v) is 3.53. The van der Waals surface area contributed by atoms with Crippen molar-refractivity contribution in [1.82, 2.24) is 10.2 Å². The summed E-state index contributed by atoms with van der Waals surface area (Å²) in [6.45, 7) is 2.56. The molecular weight excluding hydrogens is 328 g/mol. The quantitative estimate of drug-likeness (QED) is 0.907. The van der Waals surface area contributed by atoms with Crippen LogP contribution in [0.25, 0.3) is 0 Å². The minimum absolute atomic E-state index is 0.0262. The van der Waals surface area contributed by atoms with Crippen LogP contribution in [0, 0.1) is 5.92 Å². The topological polar surface area (TPSA) is 58.6 Å². The molecule has 1 N–H and O–H groups in total.